The molecule has 21 heavy (non-hydrogen) atoms. The molecule has 2 rings (SSSR count). The van der Waals surface area contributed by atoms with Crippen LogP contribution < -0.4 is 11.1 Å². The predicted octanol–water partition coefficient (Wildman–Crippen LogP) is 2.27. The number of anilines is 2. The third-order valence-corrected chi connectivity index (χ3v) is 2.88. The van der Waals surface area contributed by atoms with Crippen LogP contribution in [0.5, 0.6) is 0 Å². The van der Waals surface area contributed by atoms with E-state index in [1.165, 1.54) is 12.4 Å². The van der Waals surface area contributed by atoms with Gasteiger partial charge in [0.2, 0.25) is 0 Å². The van der Waals surface area contributed by atoms with Crippen LogP contribution in [0, 0.1) is 22.9 Å². The standard InChI is InChI=1S/C13H11FN4O3/c1-7-4-5-16-6-9(7)17-13(19)11-8(14)2-3-10(12(11)15)18(20)21/h2-6H,15H2,1H3,(H,17,19). The van der Waals surface area contributed by atoms with Gasteiger partial charge in [-0.2, -0.15) is 0 Å². The first-order valence-electron chi connectivity index (χ1n) is 5.86. The van der Waals surface area contributed by atoms with Crippen LogP contribution >= 0.6 is 0 Å². The Bertz CT molecular complexity index is 733. The maximum Gasteiger partial charge on any atom is 0.293 e. The molecule has 1 aromatic carbocycles. The predicted molar refractivity (Wildman–Crippen MR) is 74.4 cm³/mol. The Hall–Kier alpha value is -3.03. The number of carbonyl (C=O) groups is 1. The number of benzene rings is 1. The number of hydrogen-bond donors (Lipinski definition) is 2. The van der Waals surface area contributed by atoms with Gasteiger partial charge in [-0.25, -0.2) is 4.39 Å². The number of nitro groups is 1. The van der Waals surface area contributed by atoms with E-state index in [-0.39, 0.29) is 0 Å². The van der Waals surface area contributed by atoms with Crippen molar-refractivity contribution in [2.75, 3.05) is 11.1 Å². The molecule has 1 heterocycles. The van der Waals surface area contributed by atoms with Gasteiger partial charge in [0.1, 0.15) is 17.1 Å². The number of halogens is 1. The van der Waals surface area contributed by atoms with Gasteiger partial charge in [-0.1, -0.05) is 0 Å². The van der Waals surface area contributed by atoms with Crippen molar-refractivity contribution in [2.45, 2.75) is 6.92 Å². The number of nitrogens with two attached hydrogens (primary N) is 1. The minimum absolute atomic E-state index is 0.368. The van der Waals surface area contributed by atoms with E-state index in [9.17, 15) is 19.3 Å². The molecule has 0 aliphatic rings. The maximum atomic E-state index is 13.8. The lowest BCUT2D eigenvalue weighted by Crippen LogP contribution is -2.17. The second-order valence-corrected chi connectivity index (χ2v) is 4.26. The fourth-order valence-electron chi connectivity index (χ4n) is 1.75. The van der Waals surface area contributed by atoms with E-state index in [0.29, 0.717) is 11.3 Å². The molecule has 0 saturated heterocycles. The molecular weight excluding hydrogens is 279 g/mol. The molecule has 0 saturated carbocycles. The number of aromatic nitrogens is 1. The van der Waals surface area contributed by atoms with E-state index in [4.69, 9.17) is 5.73 Å². The molecule has 8 heteroatoms. The van der Waals surface area contributed by atoms with E-state index >= 15 is 0 Å². The summed E-state index contributed by atoms with van der Waals surface area (Å²) < 4.78 is 13.8. The molecule has 0 aliphatic carbocycles. The Morgan fingerprint density at radius 1 is 1.43 bits per heavy atom. The Balaban J connectivity index is 2.42. The average Bonchev–Trinajstić information content (AvgIpc) is 2.41. The van der Waals surface area contributed by atoms with Crippen molar-refractivity contribution in [3.8, 4) is 0 Å². The number of hydrogen-bond acceptors (Lipinski definition) is 5. The number of rotatable bonds is 3. The molecule has 0 bridgehead atoms. The lowest BCUT2D eigenvalue weighted by atomic mass is 10.1. The number of nitrogens with one attached hydrogen (secondary N) is 1. The van der Waals surface area contributed by atoms with Crippen molar-refractivity contribution in [1.29, 1.82) is 0 Å². The van der Waals surface area contributed by atoms with Gasteiger partial charge in [-0.15, -0.1) is 0 Å². The minimum atomic E-state index is -0.933. The van der Waals surface area contributed by atoms with Crippen molar-refractivity contribution in [3.63, 3.8) is 0 Å². The zero-order valence-electron chi connectivity index (χ0n) is 11.0. The van der Waals surface area contributed by atoms with Crippen LogP contribution in [0.3, 0.4) is 0 Å². The van der Waals surface area contributed by atoms with E-state index < -0.39 is 33.6 Å². The van der Waals surface area contributed by atoms with Gasteiger partial charge in [0.15, 0.2) is 0 Å². The largest absolute Gasteiger partial charge is 0.392 e. The van der Waals surface area contributed by atoms with Crippen LogP contribution in [-0.2, 0) is 0 Å². The summed E-state index contributed by atoms with van der Waals surface area (Å²) in [5, 5.41) is 13.2. The lowest BCUT2D eigenvalue weighted by Gasteiger charge is -2.10. The van der Waals surface area contributed by atoms with E-state index in [0.717, 1.165) is 12.1 Å². The smallest absolute Gasteiger partial charge is 0.293 e. The highest BCUT2D eigenvalue weighted by molar-refractivity contribution is 6.09. The SMILES string of the molecule is Cc1ccncc1NC(=O)c1c(F)ccc([N+](=O)[O-])c1N. The number of pyridine rings is 1. The topological polar surface area (TPSA) is 111 Å². The van der Waals surface area contributed by atoms with Gasteiger partial charge >= 0.3 is 0 Å². The first kappa shape index (κ1) is 14.4. The highest BCUT2D eigenvalue weighted by Crippen LogP contribution is 2.28. The monoisotopic (exact) mass is 290 g/mol. The molecule has 1 amide bonds. The van der Waals surface area contributed by atoms with Gasteiger partial charge in [0, 0.05) is 12.3 Å². The summed E-state index contributed by atoms with van der Waals surface area (Å²) >= 11 is 0. The van der Waals surface area contributed by atoms with E-state index in [2.05, 4.69) is 10.3 Å². The second kappa shape index (κ2) is 5.53. The third kappa shape index (κ3) is 2.78. The Labute approximate surface area is 118 Å². The number of amides is 1. The summed E-state index contributed by atoms with van der Waals surface area (Å²) in [4.78, 5) is 25.9. The van der Waals surface area contributed by atoms with Crippen LogP contribution in [0.4, 0.5) is 21.5 Å². The normalized spacial score (nSPS) is 10.2. The summed E-state index contributed by atoms with van der Waals surface area (Å²) in [6.45, 7) is 1.73. The van der Waals surface area contributed by atoms with Gasteiger partial charge in [-0.05, 0) is 24.6 Å². The molecule has 7 nitrogen and oxygen atoms in total. The van der Waals surface area contributed by atoms with Crippen LogP contribution in [0.1, 0.15) is 15.9 Å². The molecule has 0 spiro atoms. The van der Waals surface area contributed by atoms with Crippen LogP contribution in [0.2, 0.25) is 0 Å². The highest BCUT2D eigenvalue weighted by Gasteiger charge is 2.24. The zero-order valence-corrected chi connectivity index (χ0v) is 11.0. The van der Waals surface area contributed by atoms with Crippen molar-refractivity contribution >= 4 is 23.0 Å². The summed E-state index contributed by atoms with van der Waals surface area (Å²) in [6.07, 6.45) is 2.92. The molecule has 0 radical (unpaired) electrons. The Kier molecular flexibility index (Phi) is 3.79. The van der Waals surface area contributed by atoms with Crippen molar-refractivity contribution in [1.82, 2.24) is 4.98 Å². The molecule has 108 valence electrons. The van der Waals surface area contributed by atoms with Crippen LogP contribution in [0.15, 0.2) is 30.6 Å². The molecule has 2 aromatic rings. The number of aryl methyl sites for hydroxylation is 1. The van der Waals surface area contributed by atoms with Crippen molar-refractivity contribution < 1.29 is 14.1 Å². The summed E-state index contributed by atoms with van der Waals surface area (Å²) in [5.41, 5.74) is 5.00. The summed E-state index contributed by atoms with van der Waals surface area (Å²) in [6, 6.07) is 3.40. The number of nitrogen functional groups attached to an aromatic ring is 1. The quantitative estimate of drug-likeness (QED) is 0.511. The molecule has 0 fully saturated rings. The number of carbonyl (C=O) groups excluding carboxylic acids is 1. The molecular formula is C13H11FN4O3. The summed E-state index contributed by atoms with van der Waals surface area (Å²) in [7, 11) is 0. The first-order chi connectivity index (χ1) is 9.91. The maximum absolute atomic E-state index is 13.8. The molecule has 0 atom stereocenters. The third-order valence-electron chi connectivity index (χ3n) is 2.88. The molecule has 0 aliphatic heterocycles. The first-order valence-corrected chi connectivity index (χ1v) is 5.86. The van der Waals surface area contributed by atoms with Gasteiger partial charge in [0.05, 0.1) is 16.8 Å². The fraction of sp³-hybridized carbons (Fsp3) is 0.0769. The summed E-state index contributed by atoms with van der Waals surface area (Å²) in [5.74, 6) is -1.80. The van der Waals surface area contributed by atoms with Crippen LogP contribution in [0.25, 0.3) is 0 Å². The fourth-order valence-corrected chi connectivity index (χ4v) is 1.75. The van der Waals surface area contributed by atoms with Gasteiger partial charge < -0.3 is 11.1 Å². The van der Waals surface area contributed by atoms with Crippen molar-refractivity contribution in [3.05, 3.63) is 57.7 Å². The molecule has 3 N–H and O–H groups in total. The second-order valence-electron chi connectivity index (χ2n) is 4.26. The number of nitro benzene ring substituents is 1. The Morgan fingerprint density at radius 3 is 2.76 bits per heavy atom. The average molecular weight is 290 g/mol. The van der Waals surface area contributed by atoms with E-state index in [1.807, 2.05) is 0 Å². The molecule has 1 aromatic heterocycles. The Morgan fingerprint density at radius 2 is 2.14 bits per heavy atom. The van der Waals surface area contributed by atoms with Crippen molar-refractivity contribution in [2.24, 2.45) is 0 Å². The van der Waals surface area contributed by atoms with Gasteiger partial charge in [0.25, 0.3) is 11.6 Å². The highest BCUT2D eigenvalue weighted by atomic mass is 19.1. The zero-order chi connectivity index (χ0) is 15.6. The van der Waals surface area contributed by atoms with Crippen LogP contribution in [-0.4, -0.2) is 15.8 Å². The molecule has 0 unspecified atom stereocenters. The number of nitrogens with zero attached hydrogens (tertiary/aromatic N) is 2. The van der Waals surface area contributed by atoms with Gasteiger partial charge in [-0.3, -0.25) is 19.9 Å². The lowest BCUT2D eigenvalue weighted by molar-refractivity contribution is -0.384. The minimum Gasteiger partial charge on any atom is -0.392 e. The van der Waals surface area contributed by atoms with E-state index in [1.54, 1.807) is 13.0 Å².